The van der Waals surface area contributed by atoms with Crippen molar-refractivity contribution in [2.45, 2.75) is 44.6 Å². The number of dihydropyridines is 1. The molecule has 2 saturated carbocycles. The van der Waals surface area contributed by atoms with Crippen LogP contribution in [-0.4, -0.2) is 6.04 Å². The van der Waals surface area contributed by atoms with Crippen LogP contribution in [0.2, 0.25) is 0 Å². The topological polar surface area (TPSA) is 12.0 Å². The molecule has 1 unspecified atom stereocenters. The Morgan fingerprint density at radius 3 is 2.50 bits per heavy atom. The van der Waals surface area contributed by atoms with Crippen LogP contribution >= 0.6 is 0 Å². The van der Waals surface area contributed by atoms with Crippen molar-refractivity contribution in [3.05, 3.63) is 23.9 Å². The van der Waals surface area contributed by atoms with Crippen molar-refractivity contribution in [3.63, 3.8) is 0 Å². The van der Waals surface area contributed by atoms with Crippen LogP contribution in [0.15, 0.2) is 17.8 Å². The van der Waals surface area contributed by atoms with Crippen LogP contribution in [0.25, 0.3) is 0 Å². The number of hydrogen-bond acceptors (Lipinski definition) is 1. The van der Waals surface area contributed by atoms with Gasteiger partial charge >= 0.3 is 0 Å². The summed E-state index contributed by atoms with van der Waals surface area (Å²) in [5, 5.41) is 3.68. The lowest BCUT2D eigenvalue weighted by molar-refractivity contribution is 0.247. The van der Waals surface area contributed by atoms with Crippen LogP contribution in [-0.2, 0) is 0 Å². The Morgan fingerprint density at radius 2 is 1.93 bits per heavy atom. The number of rotatable bonds is 2. The molecule has 1 radical (unpaired) electrons. The highest BCUT2D eigenvalue weighted by Gasteiger charge is 2.30. The van der Waals surface area contributed by atoms with E-state index in [-0.39, 0.29) is 0 Å². The number of nitrogens with one attached hydrogen (secondary N) is 1. The van der Waals surface area contributed by atoms with Gasteiger partial charge in [-0.3, -0.25) is 0 Å². The fourth-order valence-electron chi connectivity index (χ4n) is 2.51. The maximum absolute atomic E-state index is 3.68. The Labute approximate surface area is 86.3 Å². The van der Waals surface area contributed by atoms with Gasteiger partial charge in [0.2, 0.25) is 0 Å². The molecule has 1 nitrogen and oxygen atoms in total. The van der Waals surface area contributed by atoms with Crippen molar-refractivity contribution in [3.8, 4) is 0 Å². The second-order valence-electron chi connectivity index (χ2n) is 4.90. The van der Waals surface area contributed by atoms with Gasteiger partial charge in [0, 0.05) is 5.70 Å². The summed E-state index contributed by atoms with van der Waals surface area (Å²) in [6.07, 6.45) is 16.3. The Balaban J connectivity index is 1.64. The maximum Gasteiger partial charge on any atom is 0.0542 e. The first-order valence-corrected chi connectivity index (χ1v) is 5.99. The van der Waals surface area contributed by atoms with Gasteiger partial charge in [-0.25, -0.2) is 0 Å². The van der Waals surface area contributed by atoms with Crippen LogP contribution in [0.5, 0.6) is 0 Å². The number of hydrogen-bond donors (Lipinski definition) is 1. The molecule has 2 aliphatic carbocycles. The van der Waals surface area contributed by atoms with Crippen LogP contribution in [0.1, 0.15) is 38.5 Å². The third-order valence-corrected chi connectivity index (χ3v) is 4.03. The molecular formula is C13H18N. The van der Waals surface area contributed by atoms with Crippen LogP contribution in [0.3, 0.4) is 0 Å². The van der Waals surface area contributed by atoms with E-state index in [4.69, 9.17) is 0 Å². The molecule has 2 fully saturated rings. The lowest BCUT2D eigenvalue weighted by Crippen LogP contribution is -2.41. The molecule has 3 rings (SSSR count). The van der Waals surface area contributed by atoms with Crippen molar-refractivity contribution in [1.29, 1.82) is 0 Å². The highest BCUT2D eigenvalue weighted by atomic mass is 14.9. The van der Waals surface area contributed by atoms with Gasteiger partial charge in [0.25, 0.3) is 0 Å². The Morgan fingerprint density at radius 1 is 1.14 bits per heavy atom. The first-order valence-electron chi connectivity index (χ1n) is 5.99. The lowest BCUT2D eigenvalue weighted by Gasteiger charge is -2.38. The molecule has 0 aromatic rings. The molecular weight excluding hydrogens is 170 g/mol. The van der Waals surface area contributed by atoms with Crippen LogP contribution in [0.4, 0.5) is 0 Å². The molecule has 1 N–H and O–H groups in total. The predicted molar refractivity (Wildman–Crippen MR) is 57.5 cm³/mol. The summed E-state index contributed by atoms with van der Waals surface area (Å²) in [6, 6.07) is 0.532. The minimum Gasteiger partial charge on any atom is -0.381 e. The van der Waals surface area contributed by atoms with Gasteiger partial charge < -0.3 is 5.32 Å². The Bertz CT molecular complexity index is 269. The highest BCUT2D eigenvalue weighted by molar-refractivity contribution is 5.21. The van der Waals surface area contributed by atoms with E-state index in [0.29, 0.717) is 6.04 Å². The zero-order valence-electron chi connectivity index (χ0n) is 8.63. The fourth-order valence-corrected chi connectivity index (χ4v) is 2.51. The summed E-state index contributed by atoms with van der Waals surface area (Å²) in [7, 11) is 0. The monoisotopic (exact) mass is 188 g/mol. The Kier molecular flexibility index (Phi) is 2.11. The SMILES string of the molecule is [C]1=CC=C(C2CCC2)NC1C1CCC1. The molecule has 75 valence electrons. The van der Waals surface area contributed by atoms with Gasteiger partial charge in [0.05, 0.1) is 6.04 Å². The molecule has 0 bridgehead atoms. The summed E-state index contributed by atoms with van der Waals surface area (Å²) < 4.78 is 0. The standard InChI is InChI=1S/C13H18N/c1-4-10(5-1)12-8-3-9-13(14-12)11-6-2-7-11/h3,8,10-11,13-14H,1-2,4-7H2. The van der Waals surface area contributed by atoms with Crippen molar-refractivity contribution in [2.24, 2.45) is 11.8 Å². The highest BCUT2D eigenvalue weighted by Crippen LogP contribution is 2.36. The largest absolute Gasteiger partial charge is 0.381 e. The summed E-state index contributed by atoms with van der Waals surface area (Å²) in [6.45, 7) is 0. The van der Waals surface area contributed by atoms with E-state index < -0.39 is 0 Å². The molecule has 0 aromatic carbocycles. The molecule has 1 heteroatoms. The second-order valence-corrected chi connectivity index (χ2v) is 4.90. The van der Waals surface area contributed by atoms with Crippen LogP contribution in [0, 0.1) is 17.9 Å². The van der Waals surface area contributed by atoms with Crippen molar-refractivity contribution >= 4 is 0 Å². The molecule has 1 heterocycles. The van der Waals surface area contributed by atoms with E-state index in [1.54, 1.807) is 0 Å². The van der Waals surface area contributed by atoms with Gasteiger partial charge in [-0.05, 0) is 49.7 Å². The predicted octanol–water partition coefficient (Wildman–Crippen LogP) is 2.80. The zero-order valence-corrected chi connectivity index (χ0v) is 8.63. The van der Waals surface area contributed by atoms with Gasteiger partial charge in [0.1, 0.15) is 0 Å². The van der Waals surface area contributed by atoms with Crippen molar-refractivity contribution in [1.82, 2.24) is 5.32 Å². The third kappa shape index (κ3) is 1.39. The lowest BCUT2D eigenvalue weighted by atomic mass is 9.77. The molecule has 1 atom stereocenters. The first-order chi connectivity index (χ1) is 6.93. The molecule has 0 spiro atoms. The van der Waals surface area contributed by atoms with E-state index in [9.17, 15) is 0 Å². The fraction of sp³-hybridized carbons (Fsp3) is 0.692. The molecule has 0 amide bonds. The van der Waals surface area contributed by atoms with Crippen LogP contribution < -0.4 is 5.32 Å². The summed E-state index contributed by atoms with van der Waals surface area (Å²) in [4.78, 5) is 0. The van der Waals surface area contributed by atoms with E-state index in [1.165, 1.54) is 44.2 Å². The minimum atomic E-state index is 0.532. The summed E-state index contributed by atoms with van der Waals surface area (Å²) in [5.74, 6) is 1.71. The maximum atomic E-state index is 3.68. The second kappa shape index (κ2) is 3.45. The third-order valence-electron chi connectivity index (χ3n) is 4.03. The smallest absolute Gasteiger partial charge is 0.0542 e. The average molecular weight is 188 g/mol. The summed E-state index contributed by atoms with van der Waals surface area (Å²) >= 11 is 0. The molecule has 3 aliphatic rings. The zero-order chi connectivity index (χ0) is 9.38. The van der Waals surface area contributed by atoms with Gasteiger partial charge in [-0.1, -0.05) is 18.9 Å². The van der Waals surface area contributed by atoms with E-state index in [2.05, 4.69) is 23.5 Å². The average Bonchev–Trinajstić information content (AvgIpc) is 1.98. The van der Waals surface area contributed by atoms with Crippen molar-refractivity contribution in [2.75, 3.05) is 0 Å². The van der Waals surface area contributed by atoms with Crippen molar-refractivity contribution < 1.29 is 0 Å². The molecule has 14 heavy (non-hydrogen) atoms. The van der Waals surface area contributed by atoms with E-state index in [0.717, 1.165) is 11.8 Å². The molecule has 0 saturated heterocycles. The molecule has 1 aliphatic heterocycles. The van der Waals surface area contributed by atoms with E-state index >= 15 is 0 Å². The first kappa shape index (κ1) is 8.58. The van der Waals surface area contributed by atoms with E-state index in [1.807, 2.05) is 0 Å². The number of allylic oxidation sites excluding steroid dienone is 3. The molecule has 0 aromatic heterocycles. The van der Waals surface area contributed by atoms with Gasteiger partial charge in [-0.15, -0.1) is 0 Å². The quantitative estimate of drug-likeness (QED) is 0.702. The Hall–Kier alpha value is -0.720. The van der Waals surface area contributed by atoms with Gasteiger partial charge in [0.15, 0.2) is 0 Å². The van der Waals surface area contributed by atoms with Gasteiger partial charge in [-0.2, -0.15) is 0 Å². The minimum absolute atomic E-state index is 0.532. The summed E-state index contributed by atoms with van der Waals surface area (Å²) in [5.41, 5.74) is 1.49. The normalized spacial score (nSPS) is 32.9.